The molecule has 5 heteroatoms. The molecule has 2 aromatic rings. The number of aromatic carboxylic acids is 1. The maximum Gasteiger partial charge on any atom is 0.337 e. The van der Waals surface area contributed by atoms with E-state index >= 15 is 0 Å². The van der Waals surface area contributed by atoms with Crippen LogP contribution in [0.5, 0.6) is 0 Å². The monoisotopic (exact) mass is 374 g/mol. The molecule has 120 valence electrons. The second-order valence-electron chi connectivity index (χ2n) is 6.26. The molecule has 1 aliphatic carbocycles. The van der Waals surface area contributed by atoms with Crippen molar-refractivity contribution in [2.45, 2.75) is 24.8 Å². The van der Waals surface area contributed by atoms with Gasteiger partial charge in [0.2, 0.25) is 0 Å². The summed E-state index contributed by atoms with van der Waals surface area (Å²) in [7, 11) is 2.03. The molecular formula is C18H19BrN2O2. The van der Waals surface area contributed by atoms with Crippen LogP contribution in [-0.2, 0) is 12.0 Å². The average molecular weight is 375 g/mol. The molecule has 0 spiro atoms. The number of aromatic nitrogens is 1. The number of carboxylic acid groups (broad SMARTS) is 1. The molecule has 0 bridgehead atoms. The average Bonchev–Trinajstić information content (AvgIpc) is 3.28. The molecule has 1 heterocycles. The quantitative estimate of drug-likeness (QED) is 0.837. The minimum absolute atomic E-state index is 0.202. The zero-order valence-electron chi connectivity index (χ0n) is 13.0. The Morgan fingerprint density at radius 3 is 2.61 bits per heavy atom. The van der Waals surface area contributed by atoms with Crippen molar-refractivity contribution in [1.82, 2.24) is 9.88 Å². The fraction of sp³-hybridized carbons (Fsp3) is 0.333. The lowest BCUT2D eigenvalue weighted by molar-refractivity contribution is 0.0694. The number of rotatable bonds is 6. The Morgan fingerprint density at radius 2 is 2.00 bits per heavy atom. The molecule has 1 fully saturated rings. The molecule has 0 radical (unpaired) electrons. The highest BCUT2D eigenvalue weighted by Crippen LogP contribution is 2.48. The van der Waals surface area contributed by atoms with Crippen LogP contribution in [0.1, 0.15) is 34.5 Å². The Kier molecular flexibility index (Phi) is 4.50. The summed E-state index contributed by atoms with van der Waals surface area (Å²) in [5.74, 6) is -0.921. The Labute approximate surface area is 144 Å². The van der Waals surface area contributed by atoms with Crippen LogP contribution in [0.15, 0.2) is 47.1 Å². The van der Waals surface area contributed by atoms with Gasteiger partial charge >= 0.3 is 5.97 Å². The third-order valence-electron chi connectivity index (χ3n) is 4.42. The van der Waals surface area contributed by atoms with Crippen LogP contribution in [0, 0.1) is 0 Å². The minimum atomic E-state index is -0.921. The summed E-state index contributed by atoms with van der Waals surface area (Å²) in [5.41, 5.74) is 2.46. The maximum atomic E-state index is 11.3. The van der Waals surface area contributed by atoms with E-state index in [-0.39, 0.29) is 11.0 Å². The molecule has 0 amide bonds. The summed E-state index contributed by atoms with van der Waals surface area (Å²) in [6.07, 6.45) is 4.00. The number of hydrogen-bond donors (Lipinski definition) is 1. The number of carboxylic acids is 1. The van der Waals surface area contributed by atoms with Crippen molar-refractivity contribution in [2.24, 2.45) is 0 Å². The third kappa shape index (κ3) is 3.62. The van der Waals surface area contributed by atoms with Crippen molar-refractivity contribution in [2.75, 3.05) is 13.6 Å². The van der Waals surface area contributed by atoms with E-state index in [2.05, 4.69) is 50.1 Å². The van der Waals surface area contributed by atoms with E-state index < -0.39 is 5.97 Å². The van der Waals surface area contributed by atoms with Gasteiger partial charge in [-0.1, -0.05) is 28.1 Å². The number of pyridine rings is 1. The van der Waals surface area contributed by atoms with E-state index in [0.717, 1.165) is 11.0 Å². The van der Waals surface area contributed by atoms with Crippen LogP contribution in [0.4, 0.5) is 0 Å². The number of benzene rings is 1. The van der Waals surface area contributed by atoms with Gasteiger partial charge in [0.1, 0.15) is 0 Å². The smallest absolute Gasteiger partial charge is 0.337 e. The molecule has 1 aliphatic rings. The van der Waals surface area contributed by atoms with Gasteiger partial charge in [-0.15, -0.1) is 0 Å². The van der Waals surface area contributed by atoms with Gasteiger partial charge in [0, 0.05) is 29.2 Å². The molecule has 1 N–H and O–H groups in total. The number of nitrogens with zero attached hydrogens (tertiary/aromatic N) is 2. The number of hydrogen-bond acceptors (Lipinski definition) is 3. The van der Waals surface area contributed by atoms with Crippen molar-refractivity contribution in [3.8, 4) is 0 Å². The van der Waals surface area contributed by atoms with Crippen LogP contribution in [0.3, 0.4) is 0 Å². The fourth-order valence-electron chi connectivity index (χ4n) is 3.08. The molecule has 4 nitrogen and oxygen atoms in total. The first-order valence-corrected chi connectivity index (χ1v) is 8.41. The second kappa shape index (κ2) is 6.42. The highest BCUT2D eigenvalue weighted by Gasteiger charge is 2.44. The van der Waals surface area contributed by atoms with Gasteiger partial charge in [-0.2, -0.15) is 0 Å². The van der Waals surface area contributed by atoms with Crippen molar-refractivity contribution in [3.63, 3.8) is 0 Å². The summed E-state index contributed by atoms with van der Waals surface area (Å²) in [4.78, 5) is 17.7. The lowest BCUT2D eigenvalue weighted by Crippen LogP contribution is -2.29. The van der Waals surface area contributed by atoms with Gasteiger partial charge in [-0.05, 0) is 49.7 Å². The van der Waals surface area contributed by atoms with E-state index in [0.29, 0.717) is 12.2 Å². The Hall–Kier alpha value is -1.72. The van der Waals surface area contributed by atoms with Crippen LogP contribution < -0.4 is 0 Å². The summed E-state index contributed by atoms with van der Waals surface area (Å²) in [5, 5.41) is 9.26. The molecule has 1 saturated carbocycles. The Bertz CT molecular complexity index is 711. The van der Waals surface area contributed by atoms with Gasteiger partial charge in [-0.25, -0.2) is 4.79 Å². The normalized spacial score (nSPS) is 15.6. The Morgan fingerprint density at radius 1 is 1.30 bits per heavy atom. The third-order valence-corrected chi connectivity index (χ3v) is 4.95. The summed E-state index contributed by atoms with van der Waals surface area (Å²) < 4.78 is 1.09. The van der Waals surface area contributed by atoms with E-state index in [1.54, 1.807) is 18.3 Å². The fourth-order valence-corrected chi connectivity index (χ4v) is 3.34. The second-order valence-corrected chi connectivity index (χ2v) is 7.18. The molecule has 3 rings (SSSR count). The summed E-state index contributed by atoms with van der Waals surface area (Å²) in [6, 6.07) is 11.8. The molecule has 1 aromatic carbocycles. The Balaban J connectivity index is 1.71. The first-order valence-electron chi connectivity index (χ1n) is 7.62. The van der Waals surface area contributed by atoms with E-state index in [9.17, 15) is 9.90 Å². The van der Waals surface area contributed by atoms with Gasteiger partial charge in [0.05, 0.1) is 11.3 Å². The molecule has 0 aliphatic heterocycles. The molecule has 0 saturated heterocycles. The van der Waals surface area contributed by atoms with Crippen LogP contribution in [0.2, 0.25) is 0 Å². The van der Waals surface area contributed by atoms with E-state index in [1.165, 1.54) is 18.4 Å². The topological polar surface area (TPSA) is 53.4 Å². The van der Waals surface area contributed by atoms with E-state index in [1.807, 2.05) is 7.05 Å². The van der Waals surface area contributed by atoms with Crippen LogP contribution in [0.25, 0.3) is 0 Å². The van der Waals surface area contributed by atoms with Gasteiger partial charge in [-0.3, -0.25) is 9.88 Å². The lowest BCUT2D eigenvalue weighted by atomic mass is 9.95. The predicted octanol–water partition coefficient (Wildman–Crippen LogP) is 3.71. The molecule has 0 atom stereocenters. The molecule has 1 aromatic heterocycles. The lowest BCUT2D eigenvalue weighted by Gasteiger charge is -2.24. The highest BCUT2D eigenvalue weighted by molar-refractivity contribution is 9.10. The first-order chi connectivity index (χ1) is 11.0. The van der Waals surface area contributed by atoms with Crippen molar-refractivity contribution in [1.29, 1.82) is 0 Å². The van der Waals surface area contributed by atoms with E-state index in [4.69, 9.17) is 0 Å². The first kappa shape index (κ1) is 16.1. The van der Waals surface area contributed by atoms with Gasteiger partial charge < -0.3 is 5.11 Å². The largest absolute Gasteiger partial charge is 0.478 e. The van der Waals surface area contributed by atoms with Crippen LogP contribution >= 0.6 is 15.9 Å². The number of carbonyl (C=O) groups is 1. The maximum absolute atomic E-state index is 11.3. The minimum Gasteiger partial charge on any atom is -0.478 e. The zero-order chi connectivity index (χ0) is 16.4. The van der Waals surface area contributed by atoms with Crippen LogP contribution in [-0.4, -0.2) is 34.6 Å². The predicted molar refractivity (Wildman–Crippen MR) is 92.6 cm³/mol. The van der Waals surface area contributed by atoms with Crippen molar-refractivity contribution >= 4 is 21.9 Å². The van der Waals surface area contributed by atoms with Crippen molar-refractivity contribution < 1.29 is 9.90 Å². The zero-order valence-corrected chi connectivity index (χ0v) is 14.6. The number of likely N-dealkylation sites (N-methyl/N-ethyl adjacent to an activating group) is 1. The van der Waals surface area contributed by atoms with Gasteiger partial charge in [0.15, 0.2) is 0 Å². The molecule has 23 heavy (non-hydrogen) atoms. The van der Waals surface area contributed by atoms with Crippen molar-refractivity contribution in [3.05, 3.63) is 63.9 Å². The summed E-state index contributed by atoms with van der Waals surface area (Å²) in [6.45, 7) is 1.45. The standard InChI is InChI=1S/C18H19BrN2O2/c1-21(11-16-15(17(22)23)3-2-10-20-16)12-18(8-9-18)13-4-6-14(19)7-5-13/h2-7,10H,8-9,11-12H2,1H3,(H,22,23). The summed E-state index contributed by atoms with van der Waals surface area (Å²) >= 11 is 3.47. The SMILES string of the molecule is CN(Cc1ncccc1C(=O)O)CC1(c2ccc(Br)cc2)CC1. The number of halogens is 1. The van der Waals surface area contributed by atoms with Gasteiger partial charge in [0.25, 0.3) is 0 Å². The molecular weight excluding hydrogens is 356 g/mol. The highest BCUT2D eigenvalue weighted by atomic mass is 79.9. The molecule has 0 unspecified atom stereocenters.